The van der Waals surface area contributed by atoms with Gasteiger partial charge in [-0.15, -0.1) is 0 Å². The Morgan fingerprint density at radius 3 is 2.90 bits per heavy atom. The van der Waals surface area contributed by atoms with Crippen molar-refractivity contribution in [2.75, 3.05) is 13.1 Å². The van der Waals surface area contributed by atoms with Crippen LogP contribution < -0.4 is 4.74 Å². The fourth-order valence-corrected chi connectivity index (χ4v) is 2.44. The van der Waals surface area contributed by atoms with Crippen molar-refractivity contribution in [3.8, 4) is 5.75 Å². The third-order valence-electron chi connectivity index (χ3n) is 3.61. The highest BCUT2D eigenvalue weighted by Crippen LogP contribution is 2.21. The van der Waals surface area contributed by atoms with Crippen LogP contribution in [0.1, 0.15) is 30.1 Å². The van der Waals surface area contributed by atoms with E-state index in [4.69, 9.17) is 0 Å². The largest absolute Gasteiger partial charge is 0.435 e. The van der Waals surface area contributed by atoms with Gasteiger partial charge in [0.2, 0.25) is 0 Å². The van der Waals surface area contributed by atoms with Crippen LogP contribution in [0.3, 0.4) is 0 Å². The van der Waals surface area contributed by atoms with Crippen LogP contribution >= 0.6 is 0 Å². The lowest BCUT2D eigenvalue weighted by Crippen LogP contribution is -2.43. The van der Waals surface area contributed by atoms with E-state index < -0.39 is 6.61 Å². The van der Waals surface area contributed by atoms with Crippen molar-refractivity contribution < 1.29 is 23.1 Å². The second kappa shape index (κ2) is 6.65. The van der Waals surface area contributed by atoms with Crippen LogP contribution in [0.4, 0.5) is 8.78 Å². The number of rotatable bonds is 4. The first-order valence-corrected chi connectivity index (χ1v) is 6.88. The predicted molar refractivity (Wildman–Crippen MR) is 72.4 cm³/mol. The molecule has 0 spiro atoms. The lowest BCUT2D eigenvalue weighted by molar-refractivity contribution is -0.125. The summed E-state index contributed by atoms with van der Waals surface area (Å²) in [6.45, 7) is -0.261. The number of ketones is 1. The van der Waals surface area contributed by atoms with Gasteiger partial charge in [-0.25, -0.2) is 0 Å². The Hall–Kier alpha value is -1.98. The van der Waals surface area contributed by atoms with E-state index in [9.17, 15) is 18.4 Å². The highest BCUT2D eigenvalue weighted by atomic mass is 19.3. The van der Waals surface area contributed by atoms with Gasteiger partial charge in [0, 0.05) is 31.0 Å². The molecule has 1 fully saturated rings. The maximum atomic E-state index is 12.4. The molecule has 21 heavy (non-hydrogen) atoms. The molecule has 0 aromatic heterocycles. The van der Waals surface area contributed by atoms with Gasteiger partial charge in [0.15, 0.2) is 0 Å². The number of hydrogen-bond acceptors (Lipinski definition) is 3. The molecule has 1 amide bonds. The first-order valence-electron chi connectivity index (χ1n) is 6.88. The molecular formula is C15H17F2NO3. The van der Waals surface area contributed by atoms with Crippen molar-refractivity contribution in [3.63, 3.8) is 0 Å². The number of likely N-dealkylation sites (tertiary alicyclic amines) is 1. The Kier molecular flexibility index (Phi) is 4.88. The maximum absolute atomic E-state index is 12.4. The monoisotopic (exact) mass is 297 g/mol. The third-order valence-corrected chi connectivity index (χ3v) is 3.61. The standard InChI is InChI=1S/C15H17F2NO3/c1-2-10-9-18(7-6-13(10)19)14(20)11-4-3-5-12(8-11)21-15(16)17/h3-5,8,10,15H,2,6-7,9H2,1H3. The Labute approximate surface area is 121 Å². The molecule has 1 aliphatic heterocycles. The van der Waals surface area contributed by atoms with Crippen LogP contribution in [0.25, 0.3) is 0 Å². The van der Waals surface area contributed by atoms with Crippen LogP contribution in [-0.4, -0.2) is 36.3 Å². The molecule has 1 atom stereocenters. The molecule has 1 aromatic carbocycles. The molecular weight excluding hydrogens is 280 g/mol. The Morgan fingerprint density at radius 2 is 2.24 bits per heavy atom. The lowest BCUT2D eigenvalue weighted by Gasteiger charge is -2.31. The fourth-order valence-electron chi connectivity index (χ4n) is 2.44. The van der Waals surface area contributed by atoms with E-state index in [2.05, 4.69) is 4.74 Å². The molecule has 1 aromatic rings. The van der Waals surface area contributed by atoms with E-state index in [0.717, 1.165) is 0 Å². The zero-order valence-electron chi connectivity index (χ0n) is 11.7. The number of Topliss-reactive ketones (excluding diaryl/α,β-unsaturated/α-hetero) is 1. The third kappa shape index (κ3) is 3.77. The van der Waals surface area contributed by atoms with Gasteiger partial charge < -0.3 is 9.64 Å². The van der Waals surface area contributed by atoms with E-state index in [1.54, 1.807) is 11.0 Å². The van der Waals surface area contributed by atoms with E-state index in [1.165, 1.54) is 18.2 Å². The molecule has 0 bridgehead atoms. The number of alkyl halides is 2. The van der Waals surface area contributed by atoms with E-state index in [-0.39, 0.29) is 28.9 Å². The van der Waals surface area contributed by atoms with Gasteiger partial charge in [-0.05, 0) is 24.6 Å². The molecule has 1 saturated heterocycles. The van der Waals surface area contributed by atoms with E-state index >= 15 is 0 Å². The number of carbonyl (C=O) groups is 2. The zero-order chi connectivity index (χ0) is 15.4. The molecule has 114 valence electrons. The summed E-state index contributed by atoms with van der Waals surface area (Å²) in [6.07, 6.45) is 1.04. The van der Waals surface area contributed by atoms with E-state index in [1.807, 2.05) is 6.92 Å². The summed E-state index contributed by atoms with van der Waals surface area (Å²) in [5, 5.41) is 0. The smallest absolute Gasteiger partial charge is 0.387 e. The average Bonchev–Trinajstić information content (AvgIpc) is 2.46. The number of amides is 1. The molecule has 0 radical (unpaired) electrons. The van der Waals surface area contributed by atoms with Gasteiger partial charge in [0.05, 0.1) is 0 Å². The minimum absolute atomic E-state index is 0.0454. The second-order valence-corrected chi connectivity index (χ2v) is 4.98. The van der Waals surface area contributed by atoms with Crippen LogP contribution in [-0.2, 0) is 4.79 Å². The van der Waals surface area contributed by atoms with Crippen molar-refractivity contribution >= 4 is 11.7 Å². The predicted octanol–water partition coefficient (Wildman–Crippen LogP) is 2.73. The van der Waals surface area contributed by atoms with Crippen LogP contribution in [0.2, 0.25) is 0 Å². The van der Waals surface area contributed by atoms with Crippen molar-refractivity contribution in [1.82, 2.24) is 4.90 Å². The number of halogens is 2. The first-order chi connectivity index (χ1) is 10.0. The minimum Gasteiger partial charge on any atom is -0.435 e. The summed E-state index contributed by atoms with van der Waals surface area (Å²) in [7, 11) is 0. The maximum Gasteiger partial charge on any atom is 0.387 e. The quantitative estimate of drug-likeness (QED) is 0.858. The lowest BCUT2D eigenvalue weighted by atomic mass is 9.93. The molecule has 4 nitrogen and oxygen atoms in total. The Bertz CT molecular complexity index is 533. The Balaban J connectivity index is 2.11. The minimum atomic E-state index is -2.92. The number of hydrogen-bond donors (Lipinski definition) is 0. The summed E-state index contributed by atoms with van der Waals surface area (Å²) in [5.41, 5.74) is 0.289. The summed E-state index contributed by atoms with van der Waals surface area (Å²) >= 11 is 0. The molecule has 6 heteroatoms. The summed E-state index contributed by atoms with van der Waals surface area (Å²) in [4.78, 5) is 25.6. The van der Waals surface area contributed by atoms with Crippen LogP contribution in [0, 0.1) is 5.92 Å². The van der Waals surface area contributed by atoms with Gasteiger partial charge in [-0.1, -0.05) is 13.0 Å². The topological polar surface area (TPSA) is 46.6 Å². The number of benzene rings is 1. The van der Waals surface area contributed by atoms with Crippen molar-refractivity contribution in [2.24, 2.45) is 5.92 Å². The Morgan fingerprint density at radius 1 is 1.48 bits per heavy atom. The highest BCUT2D eigenvalue weighted by molar-refractivity contribution is 5.96. The number of ether oxygens (including phenoxy) is 1. The number of carbonyl (C=O) groups excluding carboxylic acids is 2. The summed E-state index contributed by atoms with van der Waals surface area (Å²) in [5.74, 6) is -0.267. The first kappa shape index (κ1) is 15.4. The molecule has 1 aliphatic rings. The van der Waals surface area contributed by atoms with E-state index in [0.29, 0.717) is 25.9 Å². The van der Waals surface area contributed by atoms with Crippen LogP contribution in [0.15, 0.2) is 24.3 Å². The van der Waals surface area contributed by atoms with Gasteiger partial charge in [-0.3, -0.25) is 9.59 Å². The SMILES string of the molecule is CCC1CN(C(=O)c2cccc(OC(F)F)c2)CCC1=O. The molecule has 1 unspecified atom stereocenters. The average molecular weight is 297 g/mol. The zero-order valence-corrected chi connectivity index (χ0v) is 11.7. The van der Waals surface area contributed by atoms with Crippen molar-refractivity contribution in [3.05, 3.63) is 29.8 Å². The normalized spacial score (nSPS) is 19.0. The highest BCUT2D eigenvalue weighted by Gasteiger charge is 2.29. The number of nitrogens with zero attached hydrogens (tertiary/aromatic N) is 1. The molecule has 0 saturated carbocycles. The van der Waals surface area contributed by atoms with Gasteiger partial charge in [0.25, 0.3) is 5.91 Å². The van der Waals surface area contributed by atoms with Gasteiger partial charge in [-0.2, -0.15) is 8.78 Å². The van der Waals surface area contributed by atoms with Crippen molar-refractivity contribution in [2.45, 2.75) is 26.4 Å². The van der Waals surface area contributed by atoms with Gasteiger partial charge >= 0.3 is 6.61 Å². The molecule has 0 N–H and O–H groups in total. The van der Waals surface area contributed by atoms with Crippen LogP contribution in [0.5, 0.6) is 5.75 Å². The second-order valence-electron chi connectivity index (χ2n) is 4.98. The molecule has 2 rings (SSSR count). The summed E-state index contributed by atoms with van der Waals surface area (Å²) < 4.78 is 28.7. The molecule has 0 aliphatic carbocycles. The summed E-state index contributed by atoms with van der Waals surface area (Å²) in [6, 6.07) is 5.72. The molecule has 1 heterocycles. The number of piperidine rings is 1. The fraction of sp³-hybridized carbons (Fsp3) is 0.467. The van der Waals surface area contributed by atoms with Gasteiger partial charge in [0.1, 0.15) is 11.5 Å². The van der Waals surface area contributed by atoms with Crippen molar-refractivity contribution in [1.29, 1.82) is 0 Å².